The van der Waals surface area contributed by atoms with E-state index in [0.717, 1.165) is 0 Å². The Labute approximate surface area is 142 Å². The van der Waals surface area contributed by atoms with Crippen molar-refractivity contribution >= 4 is 21.6 Å². The van der Waals surface area contributed by atoms with Crippen LogP contribution in [0.4, 0.5) is 32.0 Å². The van der Waals surface area contributed by atoms with Gasteiger partial charge in [0.05, 0.1) is 10.5 Å². The predicted molar refractivity (Wildman–Crippen MR) is 74.2 cm³/mol. The lowest BCUT2D eigenvalue weighted by atomic mass is 10.1. The van der Waals surface area contributed by atoms with Gasteiger partial charge in [-0.2, -0.15) is 26.3 Å². The van der Waals surface area contributed by atoms with Crippen LogP contribution < -0.4 is 5.56 Å². The molecule has 0 radical (unpaired) electrons. The molecule has 1 aromatic carbocycles. The van der Waals surface area contributed by atoms with Crippen molar-refractivity contribution in [1.29, 1.82) is 0 Å². The van der Waals surface area contributed by atoms with E-state index in [4.69, 9.17) is 0 Å². The molecule has 0 spiro atoms. The second-order valence-corrected chi connectivity index (χ2v) is 5.42. The summed E-state index contributed by atoms with van der Waals surface area (Å²) in [6, 6.07) is 0.713. The first-order valence-electron chi connectivity index (χ1n) is 6.04. The third-order valence-electron chi connectivity index (χ3n) is 2.91. The Hall–Kier alpha value is -2.44. The molecule has 0 unspecified atom stereocenters. The van der Waals surface area contributed by atoms with Crippen molar-refractivity contribution in [2.24, 2.45) is 0 Å². The number of hydrogen-bond donors (Lipinski definition) is 0. The van der Waals surface area contributed by atoms with Crippen molar-refractivity contribution in [3.63, 3.8) is 0 Å². The highest BCUT2D eigenvalue weighted by atomic mass is 79.9. The van der Waals surface area contributed by atoms with E-state index in [2.05, 4.69) is 20.9 Å². The van der Waals surface area contributed by atoms with Gasteiger partial charge in [-0.25, -0.2) is 4.98 Å². The van der Waals surface area contributed by atoms with Gasteiger partial charge >= 0.3 is 12.4 Å². The minimum atomic E-state index is -4.93. The fourth-order valence-corrected chi connectivity index (χ4v) is 2.49. The van der Waals surface area contributed by atoms with Crippen LogP contribution in [0.1, 0.15) is 11.3 Å². The van der Waals surface area contributed by atoms with Crippen LogP contribution in [-0.4, -0.2) is 14.5 Å². The molecule has 6 nitrogen and oxygen atoms in total. The van der Waals surface area contributed by atoms with Crippen molar-refractivity contribution in [2.45, 2.75) is 12.4 Å². The fraction of sp³-hybridized carbons (Fsp3) is 0.167. The lowest BCUT2D eigenvalue weighted by molar-refractivity contribution is -0.384. The number of hydrogen-bond acceptors (Lipinski definition) is 4. The normalized spacial score (nSPS) is 12.3. The van der Waals surface area contributed by atoms with E-state index < -0.39 is 49.9 Å². The number of nitro benzene ring substituents is 1. The van der Waals surface area contributed by atoms with Gasteiger partial charge in [0.1, 0.15) is 12.0 Å². The monoisotopic (exact) mass is 431 g/mol. The number of halogens is 7. The van der Waals surface area contributed by atoms with Gasteiger partial charge in [-0.15, -0.1) is 0 Å². The van der Waals surface area contributed by atoms with Gasteiger partial charge in [-0.1, -0.05) is 0 Å². The van der Waals surface area contributed by atoms with Crippen LogP contribution in [0.2, 0.25) is 0 Å². The lowest BCUT2D eigenvalue weighted by Crippen LogP contribution is -2.23. The topological polar surface area (TPSA) is 78.0 Å². The standard InChI is InChI=1S/C12H4BrF6N3O3/c13-6-1-5(11(14,15)16)2-7(22(24)25)10(6)21-4-20-8(3-9(21)23)12(17,18)19/h1-4H. The molecule has 0 aliphatic rings. The highest BCUT2D eigenvalue weighted by Crippen LogP contribution is 2.38. The molecule has 25 heavy (non-hydrogen) atoms. The lowest BCUT2D eigenvalue weighted by Gasteiger charge is -2.13. The Morgan fingerprint density at radius 2 is 1.68 bits per heavy atom. The highest BCUT2D eigenvalue weighted by Gasteiger charge is 2.36. The van der Waals surface area contributed by atoms with Crippen molar-refractivity contribution in [3.05, 3.63) is 60.7 Å². The third kappa shape index (κ3) is 3.81. The minimum absolute atomic E-state index is 0.0772. The van der Waals surface area contributed by atoms with Gasteiger partial charge in [0.25, 0.3) is 11.2 Å². The quantitative estimate of drug-likeness (QED) is 0.409. The van der Waals surface area contributed by atoms with Crippen LogP contribution in [0.3, 0.4) is 0 Å². The first-order chi connectivity index (χ1) is 11.3. The van der Waals surface area contributed by atoms with Crippen LogP contribution in [0, 0.1) is 10.1 Å². The van der Waals surface area contributed by atoms with E-state index in [1.165, 1.54) is 0 Å². The summed E-state index contributed by atoms with van der Waals surface area (Å²) in [5.41, 5.74) is -6.08. The maximum absolute atomic E-state index is 12.8. The molecular formula is C12H4BrF6N3O3. The number of aromatic nitrogens is 2. The van der Waals surface area contributed by atoms with Crippen molar-refractivity contribution in [1.82, 2.24) is 9.55 Å². The fourth-order valence-electron chi connectivity index (χ4n) is 1.85. The Bertz CT molecular complexity index is 906. The van der Waals surface area contributed by atoms with E-state index in [-0.39, 0.29) is 12.1 Å². The van der Waals surface area contributed by atoms with Crippen LogP contribution >= 0.6 is 15.9 Å². The smallest absolute Gasteiger partial charge is 0.269 e. The molecule has 13 heteroatoms. The van der Waals surface area contributed by atoms with Crippen LogP contribution in [0.15, 0.2) is 33.8 Å². The van der Waals surface area contributed by atoms with Gasteiger partial charge in [-0.05, 0) is 22.0 Å². The molecule has 2 rings (SSSR count). The maximum atomic E-state index is 12.8. The van der Waals surface area contributed by atoms with Crippen molar-refractivity contribution in [2.75, 3.05) is 0 Å². The van der Waals surface area contributed by atoms with Crippen LogP contribution in [0.5, 0.6) is 0 Å². The van der Waals surface area contributed by atoms with E-state index in [0.29, 0.717) is 17.0 Å². The van der Waals surface area contributed by atoms with Gasteiger partial charge in [0.15, 0.2) is 5.69 Å². The summed E-state index contributed by atoms with van der Waals surface area (Å²) in [6.07, 6.45) is -9.48. The van der Waals surface area contributed by atoms with Crippen LogP contribution in [0.25, 0.3) is 5.69 Å². The molecule has 0 aliphatic carbocycles. The largest absolute Gasteiger partial charge is 0.433 e. The van der Waals surface area contributed by atoms with Gasteiger partial charge < -0.3 is 0 Å². The van der Waals surface area contributed by atoms with Crippen molar-refractivity contribution in [3.8, 4) is 5.69 Å². The number of benzene rings is 1. The summed E-state index contributed by atoms with van der Waals surface area (Å²) in [4.78, 5) is 24.7. The molecule has 0 N–H and O–H groups in total. The zero-order chi connectivity index (χ0) is 19.2. The van der Waals surface area contributed by atoms with Gasteiger partial charge in [0.2, 0.25) is 0 Å². The molecular weight excluding hydrogens is 428 g/mol. The van der Waals surface area contributed by atoms with E-state index in [1.54, 1.807) is 0 Å². The maximum Gasteiger partial charge on any atom is 0.433 e. The van der Waals surface area contributed by atoms with E-state index >= 15 is 0 Å². The molecule has 134 valence electrons. The Balaban J connectivity index is 2.76. The molecule has 0 aliphatic heterocycles. The molecule has 1 aromatic heterocycles. The Kier molecular flexibility index (Phi) is 4.63. The average Bonchev–Trinajstić information content (AvgIpc) is 2.44. The van der Waals surface area contributed by atoms with Crippen molar-refractivity contribution < 1.29 is 31.3 Å². The average molecular weight is 432 g/mol. The summed E-state index contributed by atoms with van der Waals surface area (Å²) in [5, 5.41) is 11.1. The SMILES string of the molecule is O=c1cc(C(F)(F)F)ncn1-c1c(Br)cc(C(F)(F)F)cc1[N+](=O)[O-]. The summed E-state index contributed by atoms with van der Waals surface area (Å²) >= 11 is 2.67. The highest BCUT2D eigenvalue weighted by molar-refractivity contribution is 9.10. The molecule has 0 amide bonds. The van der Waals surface area contributed by atoms with Crippen LogP contribution in [-0.2, 0) is 12.4 Å². The zero-order valence-electron chi connectivity index (χ0n) is 11.5. The second-order valence-electron chi connectivity index (χ2n) is 4.56. The Morgan fingerprint density at radius 1 is 1.08 bits per heavy atom. The van der Waals surface area contributed by atoms with Gasteiger partial charge in [0, 0.05) is 16.6 Å². The Morgan fingerprint density at radius 3 is 2.12 bits per heavy atom. The summed E-state index contributed by atoms with van der Waals surface area (Å²) in [6.45, 7) is 0. The molecule has 0 atom stereocenters. The van der Waals surface area contributed by atoms with E-state index in [9.17, 15) is 41.3 Å². The minimum Gasteiger partial charge on any atom is -0.269 e. The molecule has 0 bridgehead atoms. The second kappa shape index (κ2) is 6.13. The third-order valence-corrected chi connectivity index (χ3v) is 3.51. The number of rotatable bonds is 2. The number of alkyl halides is 6. The zero-order valence-corrected chi connectivity index (χ0v) is 13.1. The summed E-state index contributed by atoms with van der Waals surface area (Å²) < 4.78 is 75.7. The van der Waals surface area contributed by atoms with E-state index in [1.807, 2.05) is 0 Å². The van der Waals surface area contributed by atoms with Gasteiger partial charge in [-0.3, -0.25) is 19.5 Å². The summed E-state index contributed by atoms with van der Waals surface area (Å²) in [7, 11) is 0. The first kappa shape index (κ1) is 18.9. The first-order valence-corrected chi connectivity index (χ1v) is 6.83. The number of nitro groups is 1. The number of nitrogens with zero attached hydrogens (tertiary/aromatic N) is 3. The molecule has 0 saturated heterocycles. The summed E-state index contributed by atoms with van der Waals surface area (Å²) in [5.74, 6) is 0. The predicted octanol–water partition coefficient (Wildman–Crippen LogP) is 3.94. The molecule has 0 saturated carbocycles. The molecule has 2 aromatic rings. The molecule has 1 heterocycles. The molecule has 0 fully saturated rings.